The zero-order valence-corrected chi connectivity index (χ0v) is 12.6. The van der Waals surface area contributed by atoms with E-state index in [1.54, 1.807) is 0 Å². The zero-order valence-electron chi connectivity index (χ0n) is 12.6. The molecule has 1 aromatic rings. The molecule has 0 aromatic carbocycles. The Hall–Kier alpha value is -1.32. The first kappa shape index (κ1) is 13.7. The molecule has 0 radical (unpaired) electrons. The van der Waals surface area contributed by atoms with Crippen LogP contribution in [0.1, 0.15) is 61.3 Å². The number of aryl methyl sites for hydroxylation is 2. The summed E-state index contributed by atoms with van der Waals surface area (Å²) < 4.78 is 5.15. The van der Waals surface area contributed by atoms with Crippen molar-refractivity contribution in [3.8, 4) is 0 Å². The Labute approximate surface area is 120 Å². The highest BCUT2D eigenvalue weighted by atomic mass is 16.5. The predicted octanol–water partition coefficient (Wildman–Crippen LogP) is 3.10. The van der Waals surface area contributed by atoms with Gasteiger partial charge < -0.3 is 9.84 Å². The standard InChI is InChI=1S/C16H24N2O2/c1-4-14-15(10(3)20-18-14)16(19)17-9(2)13-8-11-5-6-12(13)7-11/h9,11-13H,4-8H2,1-3H3,(H,17,19)/t9-,11-,12-,13-/m1/s1. The van der Waals surface area contributed by atoms with Crippen molar-refractivity contribution >= 4 is 5.91 Å². The SMILES string of the molecule is CCc1noc(C)c1C(=O)N[C@H](C)[C@H]1C[C@@H]2CC[C@@H]1C2. The predicted molar refractivity (Wildman–Crippen MR) is 76.5 cm³/mol. The van der Waals surface area contributed by atoms with Crippen LogP contribution in [0.4, 0.5) is 0 Å². The number of nitrogens with zero attached hydrogens (tertiary/aromatic N) is 1. The van der Waals surface area contributed by atoms with Gasteiger partial charge in [-0.3, -0.25) is 4.79 Å². The fourth-order valence-corrected chi connectivity index (χ4v) is 4.24. The van der Waals surface area contributed by atoms with Gasteiger partial charge in [0.1, 0.15) is 11.3 Å². The highest BCUT2D eigenvalue weighted by Crippen LogP contribution is 2.49. The molecule has 2 aliphatic carbocycles. The molecular formula is C16H24N2O2. The topological polar surface area (TPSA) is 55.1 Å². The third-order valence-corrected chi connectivity index (χ3v) is 5.29. The van der Waals surface area contributed by atoms with Gasteiger partial charge in [0, 0.05) is 6.04 Å². The summed E-state index contributed by atoms with van der Waals surface area (Å²) in [5.41, 5.74) is 1.41. The van der Waals surface area contributed by atoms with Gasteiger partial charge in [0.15, 0.2) is 0 Å². The smallest absolute Gasteiger partial charge is 0.257 e. The Morgan fingerprint density at radius 1 is 1.45 bits per heavy atom. The number of hydrogen-bond donors (Lipinski definition) is 1. The van der Waals surface area contributed by atoms with Crippen LogP contribution >= 0.6 is 0 Å². The molecule has 2 aliphatic rings. The molecule has 20 heavy (non-hydrogen) atoms. The van der Waals surface area contributed by atoms with Crippen molar-refractivity contribution in [2.75, 3.05) is 0 Å². The van der Waals surface area contributed by atoms with E-state index >= 15 is 0 Å². The molecule has 2 bridgehead atoms. The fourth-order valence-electron chi connectivity index (χ4n) is 4.24. The Morgan fingerprint density at radius 3 is 2.85 bits per heavy atom. The van der Waals surface area contributed by atoms with E-state index in [9.17, 15) is 4.79 Å². The summed E-state index contributed by atoms with van der Waals surface area (Å²) in [5, 5.41) is 7.15. The van der Waals surface area contributed by atoms with E-state index in [-0.39, 0.29) is 11.9 Å². The van der Waals surface area contributed by atoms with Gasteiger partial charge in [-0.05, 0) is 57.3 Å². The second-order valence-corrected chi connectivity index (χ2v) is 6.51. The van der Waals surface area contributed by atoms with Gasteiger partial charge in [-0.1, -0.05) is 18.5 Å². The number of rotatable bonds is 4. The average molecular weight is 276 g/mol. The van der Waals surface area contributed by atoms with Crippen LogP contribution < -0.4 is 5.32 Å². The average Bonchev–Trinajstić information content (AvgIpc) is 3.12. The van der Waals surface area contributed by atoms with Crippen molar-refractivity contribution in [1.29, 1.82) is 0 Å². The molecule has 4 heteroatoms. The molecule has 1 N–H and O–H groups in total. The van der Waals surface area contributed by atoms with E-state index < -0.39 is 0 Å². The van der Waals surface area contributed by atoms with Crippen molar-refractivity contribution in [2.24, 2.45) is 17.8 Å². The lowest BCUT2D eigenvalue weighted by Crippen LogP contribution is -2.40. The fraction of sp³-hybridized carbons (Fsp3) is 0.750. The first-order valence-electron chi connectivity index (χ1n) is 7.86. The second-order valence-electron chi connectivity index (χ2n) is 6.51. The van der Waals surface area contributed by atoms with Gasteiger partial charge in [-0.15, -0.1) is 0 Å². The Balaban J connectivity index is 1.68. The largest absolute Gasteiger partial charge is 0.361 e. The van der Waals surface area contributed by atoms with Gasteiger partial charge in [0.25, 0.3) is 5.91 Å². The maximum atomic E-state index is 12.5. The van der Waals surface area contributed by atoms with Crippen LogP contribution in [0.5, 0.6) is 0 Å². The van der Waals surface area contributed by atoms with Crippen LogP contribution in [0.25, 0.3) is 0 Å². The molecule has 0 saturated heterocycles. The van der Waals surface area contributed by atoms with Crippen molar-refractivity contribution in [2.45, 2.75) is 58.9 Å². The monoisotopic (exact) mass is 276 g/mol. The molecule has 2 fully saturated rings. The van der Waals surface area contributed by atoms with Crippen LogP contribution in [0.15, 0.2) is 4.52 Å². The van der Waals surface area contributed by atoms with E-state index in [2.05, 4.69) is 17.4 Å². The lowest BCUT2D eigenvalue weighted by atomic mass is 9.84. The lowest BCUT2D eigenvalue weighted by Gasteiger charge is -2.28. The van der Waals surface area contributed by atoms with Crippen molar-refractivity contribution in [3.05, 3.63) is 17.0 Å². The van der Waals surface area contributed by atoms with E-state index in [1.165, 1.54) is 25.7 Å². The molecule has 4 atom stereocenters. The molecule has 4 nitrogen and oxygen atoms in total. The first-order valence-corrected chi connectivity index (χ1v) is 7.86. The Kier molecular flexibility index (Phi) is 3.57. The number of fused-ring (bicyclic) bond motifs is 2. The normalized spacial score (nSPS) is 29.6. The van der Waals surface area contributed by atoms with E-state index in [4.69, 9.17) is 4.52 Å². The maximum absolute atomic E-state index is 12.5. The van der Waals surface area contributed by atoms with Gasteiger partial charge in [-0.2, -0.15) is 0 Å². The number of carbonyl (C=O) groups is 1. The molecule has 110 valence electrons. The molecule has 2 saturated carbocycles. The summed E-state index contributed by atoms with van der Waals surface area (Å²) in [5.74, 6) is 3.00. The molecule has 0 spiro atoms. The van der Waals surface area contributed by atoms with Crippen LogP contribution in [0.2, 0.25) is 0 Å². The number of carbonyl (C=O) groups excluding carboxylic acids is 1. The van der Waals surface area contributed by atoms with Gasteiger partial charge in [0.05, 0.1) is 5.69 Å². The molecule has 1 heterocycles. The van der Waals surface area contributed by atoms with E-state index in [1.807, 2.05) is 13.8 Å². The lowest BCUT2D eigenvalue weighted by molar-refractivity contribution is 0.0913. The summed E-state index contributed by atoms with van der Waals surface area (Å²) in [6.07, 6.45) is 6.13. The summed E-state index contributed by atoms with van der Waals surface area (Å²) in [6.45, 7) is 5.95. The van der Waals surface area contributed by atoms with Crippen molar-refractivity contribution in [3.63, 3.8) is 0 Å². The second kappa shape index (κ2) is 5.23. The van der Waals surface area contributed by atoms with Gasteiger partial charge in [0.2, 0.25) is 0 Å². The minimum atomic E-state index is -0.0177. The first-order chi connectivity index (χ1) is 9.60. The molecular weight excluding hydrogens is 252 g/mol. The highest BCUT2D eigenvalue weighted by molar-refractivity contribution is 5.96. The third kappa shape index (κ3) is 2.25. The molecule has 0 unspecified atom stereocenters. The zero-order chi connectivity index (χ0) is 14.3. The number of aromatic nitrogens is 1. The van der Waals surface area contributed by atoms with Crippen LogP contribution in [-0.2, 0) is 6.42 Å². The summed E-state index contributed by atoms with van der Waals surface area (Å²) in [7, 11) is 0. The van der Waals surface area contributed by atoms with E-state index in [0.29, 0.717) is 17.2 Å². The summed E-state index contributed by atoms with van der Waals surface area (Å²) in [6, 6.07) is 0.247. The van der Waals surface area contributed by atoms with Gasteiger partial charge >= 0.3 is 0 Å². The van der Waals surface area contributed by atoms with E-state index in [0.717, 1.165) is 24.0 Å². The van der Waals surface area contributed by atoms with Crippen LogP contribution in [0, 0.1) is 24.7 Å². The summed E-state index contributed by atoms with van der Waals surface area (Å²) in [4.78, 5) is 12.5. The van der Waals surface area contributed by atoms with Gasteiger partial charge in [-0.25, -0.2) is 0 Å². The Morgan fingerprint density at radius 2 is 2.25 bits per heavy atom. The Bertz CT molecular complexity index is 509. The van der Waals surface area contributed by atoms with Crippen LogP contribution in [0.3, 0.4) is 0 Å². The number of amides is 1. The summed E-state index contributed by atoms with van der Waals surface area (Å²) >= 11 is 0. The minimum absolute atomic E-state index is 0.0177. The van der Waals surface area contributed by atoms with Crippen LogP contribution in [-0.4, -0.2) is 17.1 Å². The number of hydrogen-bond acceptors (Lipinski definition) is 3. The molecule has 3 rings (SSSR count). The maximum Gasteiger partial charge on any atom is 0.257 e. The van der Waals surface area contributed by atoms with Crippen molar-refractivity contribution in [1.82, 2.24) is 10.5 Å². The number of nitrogens with one attached hydrogen (secondary N) is 1. The van der Waals surface area contributed by atoms with Crippen molar-refractivity contribution < 1.29 is 9.32 Å². The minimum Gasteiger partial charge on any atom is -0.361 e. The highest BCUT2D eigenvalue weighted by Gasteiger charge is 2.42. The molecule has 1 aromatic heterocycles. The molecule has 1 amide bonds. The quantitative estimate of drug-likeness (QED) is 0.919. The third-order valence-electron chi connectivity index (χ3n) is 5.29. The molecule has 0 aliphatic heterocycles.